The van der Waals surface area contributed by atoms with Crippen molar-refractivity contribution in [2.24, 2.45) is 5.41 Å². The van der Waals surface area contributed by atoms with Crippen LogP contribution in [0, 0.1) is 5.41 Å². The normalized spacial score (nSPS) is 11.1. The number of pyridine rings is 1. The number of carbonyl (C=O) groups is 2. The number of hydrogen-bond acceptors (Lipinski definition) is 3. The Balaban J connectivity index is 2.24. The van der Waals surface area contributed by atoms with Gasteiger partial charge in [-0.2, -0.15) is 0 Å². The third-order valence-electron chi connectivity index (χ3n) is 3.63. The molecule has 0 aliphatic carbocycles. The van der Waals surface area contributed by atoms with Gasteiger partial charge in [-0.3, -0.25) is 14.6 Å². The molecule has 5 nitrogen and oxygen atoms in total. The van der Waals surface area contributed by atoms with E-state index in [-0.39, 0.29) is 17.2 Å². The molecule has 0 fully saturated rings. The minimum atomic E-state index is -0.204. The number of carbonyl (C=O) groups excluding carboxylic acids is 2. The summed E-state index contributed by atoms with van der Waals surface area (Å²) in [6, 6.07) is 10.9. The summed E-state index contributed by atoms with van der Waals surface area (Å²) in [5.74, 6) is -0.390. The van der Waals surface area contributed by atoms with Crippen LogP contribution in [0.25, 0.3) is 0 Å². The number of anilines is 1. The first-order chi connectivity index (χ1) is 11.7. The largest absolute Gasteiger partial charge is 0.343 e. The Kier molecular flexibility index (Phi) is 5.57. The Bertz CT molecular complexity index is 777. The molecule has 0 aliphatic rings. The van der Waals surface area contributed by atoms with Crippen LogP contribution in [0.2, 0.25) is 0 Å². The van der Waals surface area contributed by atoms with Crippen molar-refractivity contribution in [2.75, 3.05) is 19.4 Å². The molecule has 2 aromatic rings. The summed E-state index contributed by atoms with van der Waals surface area (Å²) in [5.41, 5.74) is 2.58. The molecule has 0 unspecified atom stereocenters. The lowest BCUT2D eigenvalue weighted by Gasteiger charge is -2.20. The SMILES string of the molecule is CN(C)C(=O)c1cc(NC(=O)c2ccccc2CC(C)(C)C)ccn1. The smallest absolute Gasteiger partial charge is 0.272 e. The molecule has 5 heteroatoms. The number of rotatable bonds is 4. The van der Waals surface area contributed by atoms with E-state index in [1.54, 1.807) is 26.2 Å². The lowest BCUT2D eigenvalue weighted by Crippen LogP contribution is -2.23. The van der Waals surface area contributed by atoms with Gasteiger partial charge in [0.25, 0.3) is 11.8 Å². The second-order valence-corrected chi connectivity index (χ2v) is 7.48. The van der Waals surface area contributed by atoms with E-state index in [4.69, 9.17) is 0 Å². The van der Waals surface area contributed by atoms with Crippen LogP contribution in [0.1, 0.15) is 47.2 Å². The lowest BCUT2D eigenvalue weighted by molar-refractivity contribution is 0.0821. The van der Waals surface area contributed by atoms with E-state index in [0.717, 1.165) is 12.0 Å². The van der Waals surface area contributed by atoms with Crippen molar-refractivity contribution in [1.29, 1.82) is 0 Å². The Morgan fingerprint density at radius 3 is 2.44 bits per heavy atom. The van der Waals surface area contributed by atoms with Crippen LogP contribution in [-0.2, 0) is 6.42 Å². The second-order valence-electron chi connectivity index (χ2n) is 7.48. The third-order valence-corrected chi connectivity index (χ3v) is 3.63. The highest BCUT2D eigenvalue weighted by molar-refractivity contribution is 6.05. The minimum absolute atomic E-state index is 0.0817. The average molecular weight is 339 g/mol. The number of amides is 2. The number of hydrogen-bond donors (Lipinski definition) is 1. The molecule has 0 saturated heterocycles. The first kappa shape index (κ1) is 18.6. The molecule has 1 N–H and O–H groups in total. The molecule has 0 saturated carbocycles. The molecule has 1 aromatic heterocycles. The highest BCUT2D eigenvalue weighted by Crippen LogP contribution is 2.23. The fraction of sp³-hybridized carbons (Fsp3) is 0.350. The molecule has 132 valence electrons. The maximum Gasteiger partial charge on any atom is 0.272 e. The zero-order valence-corrected chi connectivity index (χ0v) is 15.5. The minimum Gasteiger partial charge on any atom is -0.343 e. The highest BCUT2D eigenvalue weighted by atomic mass is 16.2. The van der Waals surface area contributed by atoms with Crippen molar-refractivity contribution < 1.29 is 9.59 Å². The van der Waals surface area contributed by atoms with E-state index >= 15 is 0 Å². The fourth-order valence-corrected chi connectivity index (χ4v) is 2.52. The van der Waals surface area contributed by atoms with Crippen LogP contribution in [0.15, 0.2) is 42.6 Å². The van der Waals surface area contributed by atoms with E-state index in [1.807, 2.05) is 24.3 Å². The Hall–Kier alpha value is -2.69. The van der Waals surface area contributed by atoms with Crippen LogP contribution in [0.5, 0.6) is 0 Å². The van der Waals surface area contributed by atoms with Gasteiger partial charge in [-0.1, -0.05) is 39.0 Å². The number of nitrogens with one attached hydrogen (secondary N) is 1. The van der Waals surface area contributed by atoms with Crippen molar-refractivity contribution in [2.45, 2.75) is 27.2 Å². The average Bonchev–Trinajstić information content (AvgIpc) is 2.53. The zero-order chi connectivity index (χ0) is 18.6. The summed E-state index contributed by atoms with van der Waals surface area (Å²) in [5, 5.41) is 2.87. The number of benzene rings is 1. The molecule has 0 aliphatic heterocycles. The van der Waals surface area contributed by atoms with Crippen molar-refractivity contribution in [1.82, 2.24) is 9.88 Å². The predicted molar refractivity (Wildman–Crippen MR) is 99.8 cm³/mol. The van der Waals surface area contributed by atoms with Gasteiger partial charge in [-0.05, 0) is 35.6 Å². The second kappa shape index (κ2) is 7.47. The summed E-state index contributed by atoms with van der Waals surface area (Å²) in [4.78, 5) is 30.2. The van der Waals surface area contributed by atoms with Crippen LogP contribution < -0.4 is 5.32 Å². The highest BCUT2D eigenvalue weighted by Gasteiger charge is 2.18. The van der Waals surface area contributed by atoms with Crippen molar-refractivity contribution in [3.05, 3.63) is 59.4 Å². The van der Waals surface area contributed by atoms with E-state index in [9.17, 15) is 9.59 Å². The van der Waals surface area contributed by atoms with Crippen LogP contribution in [-0.4, -0.2) is 35.8 Å². The van der Waals surface area contributed by atoms with Gasteiger partial charge in [0.2, 0.25) is 0 Å². The lowest BCUT2D eigenvalue weighted by atomic mass is 9.86. The molecule has 0 spiro atoms. The Morgan fingerprint density at radius 2 is 1.80 bits per heavy atom. The van der Waals surface area contributed by atoms with E-state index < -0.39 is 0 Å². The molecule has 25 heavy (non-hydrogen) atoms. The molecule has 2 rings (SSSR count). The summed E-state index contributed by atoms with van der Waals surface area (Å²) >= 11 is 0. The Labute approximate surface area is 149 Å². The first-order valence-electron chi connectivity index (χ1n) is 8.24. The van der Waals surface area contributed by atoms with Crippen LogP contribution in [0.4, 0.5) is 5.69 Å². The van der Waals surface area contributed by atoms with E-state index in [2.05, 4.69) is 31.1 Å². The van der Waals surface area contributed by atoms with Gasteiger partial charge < -0.3 is 10.2 Å². The standard InChI is InChI=1S/C20H25N3O2/c1-20(2,3)13-14-8-6-7-9-16(14)18(24)22-15-10-11-21-17(12-15)19(25)23(4)5/h6-12H,13H2,1-5H3,(H,21,22,24). The first-order valence-corrected chi connectivity index (χ1v) is 8.24. The predicted octanol–water partition coefficient (Wildman–Crippen LogP) is 3.62. The van der Waals surface area contributed by atoms with Gasteiger partial charge in [0, 0.05) is 31.5 Å². The summed E-state index contributed by atoms with van der Waals surface area (Å²) in [6.07, 6.45) is 2.32. The quantitative estimate of drug-likeness (QED) is 0.925. The van der Waals surface area contributed by atoms with Gasteiger partial charge in [-0.25, -0.2) is 0 Å². The summed E-state index contributed by atoms with van der Waals surface area (Å²) in [6.45, 7) is 6.43. The topological polar surface area (TPSA) is 62.3 Å². The fourth-order valence-electron chi connectivity index (χ4n) is 2.52. The van der Waals surface area contributed by atoms with Crippen LogP contribution >= 0.6 is 0 Å². The van der Waals surface area contributed by atoms with E-state index in [1.165, 1.54) is 11.1 Å². The van der Waals surface area contributed by atoms with E-state index in [0.29, 0.717) is 16.9 Å². The molecule has 1 heterocycles. The zero-order valence-electron chi connectivity index (χ0n) is 15.5. The molecular weight excluding hydrogens is 314 g/mol. The molecule has 2 amide bonds. The number of aromatic nitrogens is 1. The molecule has 0 atom stereocenters. The Morgan fingerprint density at radius 1 is 1.12 bits per heavy atom. The van der Waals surface area contributed by atoms with Crippen molar-refractivity contribution in [3.63, 3.8) is 0 Å². The van der Waals surface area contributed by atoms with Gasteiger partial charge in [0.05, 0.1) is 0 Å². The monoisotopic (exact) mass is 339 g/mol. The maximum atomic E-state index is 12.7. The molecule has 0 bridgehead atoms. The molecule has 1 aromatic carbocycles. The van der Waals surface area contributed by atoms with Gasteiger partial charge in [-0.15, -0.1) is 0 Å². The van der Waals surface area contributed by atoms with Gasteiger partial charge >= 0.3 is 0 Å². The van der Waals surface area contributed by atoms with Gasteiger partial charge in [0.1, 0.15) is 5.69 Å². The van der Waals surface area contributed by atoms with Crippen LogP contribution in [0.3, 0.4) is 0 Å². The third kappa shape index (κ3) is 5.14. The molecule has 0 radical (unpaired) electrons. The van der Waals surface area contributed by atoms with Crippen molar-refractivity contribution >= 4 is 17.5 Å². The summed E-state index contributed by atoms with van der Waals surface area (Å²) < 4.78 is 0. The number of nitrogens with zero attached hydrogens (tertiary/aromatic N) is 2. The summed E-state index contributed by atoms with van der Waals surface area (Å²) in [7, 11) is 3.33. The van der Waals surface area contributed by atoms with Gasteiger partial charge in [0.15, 0.2) is 0 Å². The van der Waals surface area contributed by atoms with Crippen molar-refractivity contribution in [3.8, 4) is 0 Å². The molecular formula is C20H25N3O2. The maximum absolute atomic E-state index is 12.7.